The summed E-state index contributed by atoms with van der Waals surface area (Å²) in [4.78, 5) is 30.4. The number of amides is 1. The fourth-order valence-corrected chi connectivity index (χ4v) is 6.51. The summed E-state index contributed by atoms with van der Waals surface area (Å²) in [5.41, 5.74) is 1.26. The molecule has 186 valence electrons. The minimum absolute atomic E-state index is 0.0476. The molecule has 2 aromatic rings. The van der Waals surface area contributed by atoms with E-state index in [4.69, 9.17) is 9.72 Å². The molecule has 1 aliphatic carbocycles. The van der Waals surface area contributed by atoms with E-state index in [1.54, 1.807) is 28.9 Å². The van der Waals surface area contributed by atoms with Gasteiger partial charge in [-0.3, -0.25) is 4.79 Å². The van der Waals surface area contributed by atoms with Crippen molar-refractivity contribution < 1.29 is 9.53 Å². The first-order valence-electron chi connectivity index (χ1n) is 12.8. The third-order valence-electron chi connectivity index (χ3n) is 6.79. The molecule has 1 aliphatic heterocycles. The summed E-state index contributed by atoms with van der Waals surface area (Å²) in [6.45, 7) is 10.5. The molecular formula is C26H38N4O2S2. The second kappa shape index (κ2) is 12.4. The summed E-state index contributed by atoms with van der Waals surface area (Å²) in [6, 6.07) is 0. The van der Waals surface area contributed by atoms with Crippen molar-refractivity contribution in [2.75, 3.05) is 26.2 Å². The number of carbonyl (C=O) groups is 1. The van der Waals surface area contributed by atoms with Crippen LogP contribution < -0.4 is 4.74 Å². The van der Waals surface area contributed by atoms with Gasteiger partial charge in [0.2, 0.25) is 0 Å². The van der Waals surface area contributed by atoms with Gasteiger partial charge in [0.15, 0.2) is 0 Å². The number of carbonyl (C=O) groups excluding carboxylic acids is 1. The Morgan fingerprint density at radius 2 is 2.03 bits per heavy atom. The van der Waals surface area contributed by atoms with Crippen LogP contribution in [0.5, 0.6) is 5.19 Å². The fourth-order valence-electron chi connectivity index (χ4n) is 4.77. The van der Waals surface area contributed by atoms with Crippen molar-refractivity contribution in [2.45, 2.75) is 72.1 Å². The number of hydrogen-bond acceptors (Lipinski definition) is 7. The van der Waals surface area contributed by atoms with Crippen LogP contribution in [0.15, 0.2) is 11.2 Å². The molecular weight excluding hydrogens is 464 g/mol. The van der Waals surface area contributed by atoms with Gasteiger partial charge in [0, 0.05) is 41.7 Å². The van der Waals surface area contributed by atoms with Crippen molar-refractivity contribution in [3.63, 3.8) is 0 Å². The van der Waals surface area contributed by atoms with Crippen molar-refractivity contribution in [3.05, 3.63) is 26.7 Å². The molecule has 0 atom stereocenters. The number of aliphatic imine (C=N–C) groups is 1. The van der Waals surface area contributed by atoms with Crippen molar-refractivity contribution in [2.24, 2.45) is 22.7 Å². The minimum Gasteiger partial charge on any atom is -0.470 e. The SMILES string of the molecule is Cc1ncc(CC(=O)N=CC2CCC(CCN3CCc4nc(OCC(C)C)sc4CC3)CC2)s1. The zero-order chi connectivity index (χ0) is 23.9. The lowest BCUT2D eigenvalue weighted by molar-refractivity contribution is -0.117. The second-order valence-electron chi connectivity index (χ2n) is 10.2. The molecule has 34 heavy (non-hydrogen) atoms. The van der Waals surface area contributed by atoms with Crippen LogP contribution in [0.25, 0.3) is 0 Å². The molecule has 0 unspecified atom stereocenters. The monoisotopic (exact) mass is 502 g/mol. The lowest BCUT2D eigenvalue weighted by atomic mass is 9.81. The summed E-state index contributed by atoms with van der Waals surface area (Å²) in [5, 5.41) is 1.85. The van der Waals surface area contributed by atoms with Gasteiger partial charge in [0.05, 0.1) is 23.7 Å². The number of nitrogens with zero attached hydrogens (tertiary/aromatic N) is 4. The molecule has 1 saturated carbocycles. The van der Waals surface area contributed by atoms with Gasteiger partial charge in [-0.2, -0.15) is 0 Å². The Morgan fingerprint density at radius 3 is 2.76 bits per heavy atom. The van der Waals surface area contributed by atoms with Crippen LogP contribution in [-0.4, -0.2) is 53.2 Å². The van der Waals surface area contributed by atoms with Crippen LogP contribution in [0.1, 0.15) is 66.4 Å². The Morgan fingerprint density at radius 1 is 1.24 bits per heavy atom. The van der Waals surface area contributed by atoms with E-state index in [0.29, 0.717) is 18.3 Å². The molecule has 4 rings (SSSR count). The maximum atomic E-state index is 12.1. The van der Waals surface area contributed by atoms with Crippen molar-refractivity contribution >= 4 is 34.8 Å². The largest absolute Gasteiger partial charge is 0.470 e. The molecule has 6 nitrogen and oxygen atoms in total. The van der Waals surface area contributed by atoms with Crippen LogP contribution in [0.4, 0.5) is 0 Å². The predicted octanol–water partition coefficient (Wildman–Crippen LogP) is 5.38. The summed E-state index contributed by atoms with van der Waals surface area (Å²) in [5.74, 6) is 1.74. The molecule has 1 amide bonds. The molecule has 3 heterocycles. The lowest BCUT2D eigenvalue weighted by Gasteiger charge is -2.28. The number of fused-ring (bicyclic) bond motifs is 1. The molecule has 0 bridgehead atoms. The third kappa shape index (κ3) is 7.68. The Bertz CT molecular complexity index is 934. The van der Waals surface area contributed by atoms with E-state index in [1.165, 1.54) is 36.4 Å². The molecule has 2 aliphatic rings. The summed E-state index contributed by atoms with van der Waals surface area (Å²) < 4.78 is 5.84. The molecule has 2 aromatic heterocycles. The number of hydrogen-bond donors (Lipinski definition) is 0. The molecule has 0 radical (unpaired) electrons. The van der Waals surface area contributed by atoms with E-state index in [-0.39, 0.29) is 5.91 Å². The van der Waals surface area contributed by atoms with E-state index in [1.807, 2.05) is 13.1 Å². The highest BCUT2D eigenvalue weighted by Crippen LogP contribution is 2.31. The first-order valence-corrected chi connectivity index (χ1v) is 14.4. The highest BCUT2D eigenvalue weighted by molar-refractivity contribution is 7.13. The van der Waals surface area contributed by atoms with Crippen LogP contribution in [0.3, 0.4) is 0 Å². The maximum Gasteiger partial charge on any atom is 0.273 e. The van der Waals surface area contributed by atoms with E-state index < -0.39 is 0 Å². The van der Waals surface area contributed by atoms with Gasteiger partial charge in [-0.15, -0.1) is 11.3 Å². The Labute approximate surface area is 211 Å². The zero-order valence-electron chi connectivity index (χ0n) is 20.8. The third-order valence-corrected chi connectivity index (χ3v) is 8.77. The zero-order valence-corrected chi connectivity index (χ0v) is 22.4. The van der Waals surface area contributed by atoms with Crippen molar-refractivity contribution in [1.29, 1.82) is 0 Å². The van der Waals surface area contributed by atoms with Gasteiger partial charge >= 0.3 is 0 Å². The quantitative estimate of drug-likeness (QED) is 0.431. The topological polar surface area (TPSA) is 67.7 Å². The number of aryl methyl sites for hydroxylation is 1. The fraction of sp³-hybridized carbons (Fsp3) is 0.692. The highest BCUT2D eigenvalue weighted by atomic mass is 32.1. The lowest BCUT2D eigenvalue weighted by Crippen LogP contribution is -2.29. The van der Waals surface area contributed by atoms with Crippen LogP contribution in [0.2, 0.25) is 0 Å². The Hall–Kier alpha value is -1.64. The Kier molecular flexibility index (Phi) is 9.25. The summed E-state index contributed by atoms with van der Waals surface area (Å²) in [6.07, 6.45) is 12.3. The number of ether oxygens (including phenoxy) is 1. The van der Waals surface area contributed by atoms with E-state index >= 15 is 0 Å². The number of rotatable bonds is 9. The molecule has 0 spiro atoms. The van der Waals surface area contributed by atoms with Gasteiger partial charge < -0.3 is 9.64 Å². The smallest absolute Gasteiger partial charge is 0.273 e. The Balaban J connectivity index is 1.13. The number of aromatic nitrogens is 2. The van der Waals surface area contributed by atoms with Gasteiger partial charge in [-0.1, -0.05) is 25.2 Å². The average Bonchev–Trinajstić information content (AvgIpc) is 3.36. The normalized spacial score (nSPS) is 21.6. The average molecular weight is 503 g/mol. The first-order chi connectivity index (χ1) is 16.4. The van der Waals surface area contributed by atoms with Gasteiger partial charge in [-0.25, -0.2) is 15.0 Å². The van der Waals surface area contributed by atoms with Crippen molar-refractivity contribution in [1.82, 2.24) is 14.9 Å². The second-order valence-corrected chi connectivity index (χ2v) is 12.5. The van der Waals surface area contributed by atoms with Crippen LogP contribution in [0, 0.1) is 24.7 Å². The first kappa shape index (κ1) is 25.5. The summed E-state index contributed by atoms with van der Waals surface area (Å²) in [7, 11) is 0. The van der Waals surface area contributed by atoms with Gasteiger partial charge in [0.25, 0.3) is 11.1 Å². The molecule has 0 saturated heterocycles. The van der Waals surface area contributed by atoms with E-state index in [2.05, 4.69) is 28.7 Å². The van der Waals surface area contributed by atoms with Crippen LogP contribution in [-0.2, 0) is 24.1 Å². The minimum atomic E-state index is -0.0476. The predicted molar refractivity (Wildman–Crippen MR) is 140 cm³/mol. The molecule has 8 heteroatoms. The number of thiazole rings is 2. The van der Waals surface area contributed by atoms with E-state index in [9.17, 15) is 4.79 Å². The van der Waals surface area contributed by atoms with E-state index in [0.717, 1.165) is 66.4 Å². The molecule has 1 fully saturated rings. The van der Waals surface area contributed by atoms with Crippen molar-refractivity contribution in [3.8, 4) is 5.19 Å². The molecule has 0 N–H and O–H groups in total. The standard InChI is InChI=1S/C26H38N4O2S2/c1-18(2)17-32-26-29-23-9-12-30(13-10-24(23)34-26)11-8-20-4-6-21(7-5-20)15-28-25(31)14-22-16-27-19(3)33-22/h15-16,18,20-21H,4-14,17H2,1-3H3. The summed E-state index contributed by atoms with van der Waals surface area (Å²) >= 11 is 3.33. The maximum absolute atomic E-state index is 12.1. The molecule has 0 aromatic carbocycles. The highest BCUT2D eigenvalue weighted by Gasteiger charge is 2.23. The van der Waals surface area contributed by atoms with Crippen LogP contribution >= 0.6 is 22.7 Å². The van der Waals surface area contributed by atoms with Gasteiger partial charge in [0.1, 0.15) is 0 Å². The van der Waals surface area contributed by atoms with Gasteiger partial charge in [-0.05, 0) is 69.7 Å².